The Morgan fingerprint density at radius 3 is 2.45 bits per heavy atom. The number of nitrogens with two attached hydrogens (primary N) is 1. The van der Waals surface area contributed by atoms with Gasteiger partial charge in [0.2, 0.25) is 0 Å². The molecule has 4 N–H and O–H groups in total. The molecule has 0 aromatic rings. The van der Waals surface area contributed by atoms with Crippen LogP contribution in [0.5, 0.6) is 0 Å². The molecular formula is C3H9LiNO4PS. The van der Waals surface area contributed by atoms with Gasteiger partial charge in [-0.25, -0.2) is 0 Å². The first kappa shape index (κ1) is 14.5. The number of aliphatic hydroxyl groups excluding tert-OH is 1. The van der Waals surface area contributed by atoms with E-state index < -0.39 is 12.9 Å². The van der Waals surface area contributed by atoms with Crippen molar-refractivity contribution >= 4 is 18.2 Å². The molecule has 0 rings (SSSR count). The van der Waals surface area contributed by atoms with Gasteiger partial charge in [0.25, 0.3) is 0 Å². The Morgan fingerprint density at radius 2 is 2.18 bits per heavy atom. The van der Waals surface area contributed by atoms with E-state index in [4.69, 9.17) is 15.7 Å². The predicted octanol–water partition coefficient (Wildman–Crippen LogP) is -4.50. The molecule has 0 heterocycles. The molecule has 0 aromatic carbocycles. The average Bonchev–Trinajstić information content (AvgIpc) is 1.81. The molecule has 0 radical (unpaired) electrons. The summed E-state index contributed by atoms with van der Waals surface area (Å²) in [5.41, 5.74) is 4.96. The minimum absolute atomic E-state index is 0. The largest absolute Gasteiger partial charge is 1.00 e. The Labute approximate surface area is 80.8 Å². The maximum atomic E-state index is 10.0. The van der Waals surface area contributed by atoms with Gasteiger partial charge in [0.15, 0.2) is 6.80 Å². The Hall–Kier alpha value is 1.02. The third-order valence-electron chi connectivity index (χ3n) is 0.702. The molecule has 0 aliphatic rings. The maximum absolute atomic E-state index is 10.0. The fraction of sp³-hybridized carbons (Fsp3) is 1.00. The second-order valence-corrected chi connectivity index (χ2v) is 5.34. The Morgan fingerprint density at radius 1 is 1.73 bits per heavy atom. The molecule has 5 nitrogen and oxygen atoms in total. The summed E-state index contributed by atoms with van der Waals surface area (Å²) in [6.45, 7) is -4.29. The van der Waals surface area contributed by atoms with Crippen LogP contribution in [0.2, 0.25) is 0 Å². The van der Waals surface area contributed by atoms with Gasteiger partial charge < -0.3 is 20.6 Å². The van der Waals surface area contributed by atoms with Crippen LogP contribution in [0.25, 0.3) is 0 Å². The zero-order chi connectivity index (χ0) is 8.20. The molecule has 8 heteroatoms. The van der Waals surface area contributed by atoms with Gasteiger partial charge in [0.1, 0.15) is 0 Å². The van der Waals surface area contributed by atoms with E-state index >= 15 is 0 Å². The van der Waals surface area contributed by atoms with Crippen LogP contribution in [0.4, 0.5) is 0 Å². The number of rotatable bonds is 4. The van der Waals surface area contributed by atoms with Crippen molar-refractivity contribution in [2.75, 3.05) is 12.3 Å². The Bertz CT molecular complexity index is 141. The first-order valence-corrected chi connectivity index (χ1v) is 5.69. The molecule has 62 valence electrons. The number of aliphatic hydroxyl groups is 1. The summed E-state index contributed by atoms with van der Waals surface area (Å²) in [4.78, 5) is 18.2. The smallest absolute Gasteiger partial charge is 0.770 e. The van der Waals surface area contributed by atoms with Crippen LogP contribution in [-0.2, 0) is 4.57 Å². The monoisotopic (exact) mass is 193 g/mol. The van der Waals surface area contributed by atoms with Crippen LogP contribution in [0.3, 0.4) is 0 Å². The van der Waals surface area contributed by atoms with Crippen molar-refractivity contribution in [3.63, 3.8) is 0 Å². The molecule has 0 bridgehead atoms. The third-order valence-corrected chi connectivity index (χ3v) is 2.99. The molecule has 0 aromatic heterocycles. The molecule has 0 amide bonds. The van der Waals surface area contributed by atoms with Crippen molar-refractivity contribution in [2.24, 2.45) is 5.73 Å². The second kappa shape index (κ2) is 6.52. The van der Waals surface area contributed by atoms with E-state index in [1.807, 2.05) is 0 Å². The van der Waals surface area contributed by atoms with Crippen LogP contribution < -0.4 is 29.5 Å². The summed E-state index contributed by atoms with van der Waals surface area (Å²) in [6, 6.07) is 0. The van der Waals surface area contributed by atoms with Crippen molar-refractivity contribution in [2.45, 2.75) is 6.10 Å². The molecule has 2 atom stereocenters. The van der Waals surface area contributed by atoms with Gasteiger partial charge in [-0.05, 0) is 0 Å². The molecule has 0 spiro atoms. The number of hydrogen-bond acceptors (Lipinski definition) is 5. The van der Waals surface area contributed by atoms with Crippen molar-refractivity contribution in [1.29, 1.82) is 0 Å². The van der Waals surface area contributed by atoms with Gasteiger partial charge in [-0.2, -0.15) is 0 Å². The summed E-state index contributed by atoms with van der Waals surface area (Å²) in [6.07, 6.45) is -0.876. The molecule has 11 heavy (non-hydrogen) atoms. The van der Waals surface area contributed by atoms with Crippen LogP contribution >= 0.6 is 18.2 Å². The van der Waals surface area contributed by atoms with Crippen molar-refractivity contribution in [1.82, 2.24) is 0 Å². The standard InChI is InChI=1S/C3H10NO4PS.Li/c4-1-3(5)2-10-9(6,7)8;/h3,5H,1-2,4H2,(H2,6,7,8);/q;+1/p-1. The van der Waals surface area contributed by atoms with Crippen LogP contribution in [0, 0.1) is 0 Å². The Kier molecular flexibility index (Phi) is 8.62. The zero-order valence-electron chi connectivity index (χ0n) is 6.14. The van der Waals surface area contributed by atoms with Crippen LogP contribution in [-0.4, -0.2) is 28.4 Å². The summed E-state index contributed by atoms with van der Waals surface area (Å²) in [5.74, 6) is -0.0895. The minimum Gasteiger partial charge on any atom is -0.770 e. The first-order chi connectivity index (χ1) is 4.45. The molecule has 0 fully saturated rings. The molecule has 0 saturated carbocycles. The number of hydrogen-bond donors (Lipinski definition) is 3. The van der Waals surface area contributed by atoms with Gasteiger partial charge in [0.05, 0.1) is 6.10 Å². The SMILES string of the molecule is NCC(O)CSP(=O)([O-])O.[Li+]. The van der Waals surface area contributed by atoms with E-state index in [9.17, 15) is 9.46 Å². The molecule has 0 saturated heterocycles. The van der Waals surface area contributed by atoms with Gasteiger partial charge >= 0.3 is 18.9 Å². The summed E-state index contributed by atoms with van der Waals surface area (Å²) < 4.78 is 10.0. The predicted molar refractivity (Wildman–Crippen MR) is 37.3 cm³/mol. The van der Waals surface area contributed by atoms with E-state index in [0.29, 0.717) is 11.4 Å². The fourth-order valence-corrected chi connectivity index (χ4v) is 1.83. The van der Waals surface area contributed by atoms with E-state index in [1.54, 1.807) is 0 Å². The fourth-order valence-electron chi connectivity index (χ4n) is 0.248. The molecule has 2 unspecified atom stereocenters. The summed E-state index contributed by atoms with van der Waals surface area (Å²) in [7, 11) is 0. The molecule has 0 aliphatic carbocycles. The first-order valence-electron chi connectivity index (χ1n) is 2.52. The zero-order valence-corrected chi connectivity index (χ0v) is 7.85. The average molecular weight is 193 g/mol. The van der Waals surface area contributed by atoms with Crippen molar-refractivity contribution < 1.29 is 38.3 Å². The van der Waals surface area contributed by atoms with Crippen molar-refractivity contribution in [3.05, 3.63) is 0 Å². The second-order valence-electron chi connectivity index (χ2n) is 1.65. The summed E-state index contributed by atoms with van der Waals surface area (Å²) in [5, 5.41) is 8.70. The molecular weight excluding hydrogens is 184 g/mol. The van der Waals surface area contributed by atoms with Gasteiger partial charge in [-0.15, -0.1) is 0 Å². The van der Waals surface area contributed by atoms with Crippen LogP contribution in [0.1, 0.15) is 0 Å². The van der Waals surface area contributed by atoms with E-state index in [-0.39, 0.29) is 31.2 Å². The van der Waals surface area contributed by atoms with Gasteiger partial charge in [0, 0.05) is 12.3 Å². The minimum atomic E-state index is -4.28. The third kappa shape index (κ3) is 11.0. The van der Waals surface area contributed by atoms with E-state index in [2.05, 4.69) is 0 Å². The summed E-state index contributed by atoms with van der Waals surface area (Å²) >= 11 is 0.292. The molecule has 0 aliphatic heterocycles. The van der Waals surface area contributed by atoms with Crippen molar-refractivity contribution in [3.8, 4) is 0 Å². The van der Waals surface area contributed by atoms with Gasteiger partial charge in [-0.1, -0.05) is 11.4 Å². The van der Waals surface area contributed by atoms with E-state index in [1.165, 1.54) is 0 Å². The normalized spacial score (nSPS) is 18.2. The van der Waals surface area contributed by atoms with Crippen LogP contribution in [0.15, 0.2) is 0 Å². The van der Waals surface area contributed by atoms with Gasteiger partial charge in [-0.3, -0.25) is 4.57 Å². The quantitative estimate of drug-likeness (QED) is 0.307. The maximum Gasteiger partial charge on any atom is 1.00 e. The topological polar surface area (TPSA) is 107 Å². The van der Waals surface area contributed by atoms with E-state index in [0.717, 1.165) is 0 Å². The Balaban J connectivity index is 0.